The minimum atomic E-state index is -4.86. The predicted octanol–water partition coefficient (Wildman–Crippen LogP) is -1.15. The molecule has 5 atom stereocenters. The molecular formula is C11H23O9P. The molecule has 0 radical (unpaired) electrons. The van der Waals surface area contributed by atoms with Crippen LogP contribution < -0.4 is 0 Å². The minimum absolute atomic E-state index is 0.827. The van der Waals surface area contributed by atoms with Gasteiger partial charge in [-0.3, -0.25) is 4.52 Å². The van der Waals surface area contributed by atoms with E-state index < -0.39 is 42.6 Å². The van der Waals surface area contributed by atoms with E-state index in [1.807, 2.05) is 0 Å². The van der Waals surface area contributed by atoms with Crippen LogP contribution in [0.25, 0.3) is 0 Å². The Hall–Kier alpha value is -0.0900. The van der Waals surface area contributed by atoms with Crippen LogP contribution in [0.4, 0.5) is 0 Å². The van der Waals surface area contributed by atoms with Crippen LogP contribution in [0.1, 0.15) is 34.6 Å². The molecule has 0 bridgehead atoms. The summed E-state index contributed by atoms with van der Waals surface area (Å²) < 4.78 is 20.4. The van der Waals surface area contributed by atoms with E-state index in [2.05, 4.69) is 4.52 Å². The molecule has 0 aromatic heterocycles. The van der Waals surface area contributed by atoms with E-state index in [-0.39, 0.29) is 0 Å². The molecule has 0 aromatic rings. The van der Waals surface area contributed by atoms with Crippen molar-refractivity contribution in [1.29, 1.82) is 0 Å². The molecule has 1 fully saturated rings. The van der Waals surface area contributed by atoms with Gasteiger partial charge in [0.15, 0.2) is 5.79 Å². The summed E-state index contributed by atoms with van der Waals surface area (Å²) in [5, 5.41) is 41.7. The molecule has 0 aromatic carbocycles. The first-order chi connectivity index (χ1) is 8.91. The summed E-state index contributed by atoms with van der Waals surface area (Å²) in [5.41, 5.74) is -8.68. The highest BCUT2D eigenvalue weighted by atomic mass is 31.2. The topological polar surface area (TPSA) is 157 Å². The Morgan fingerprint density at radius 2 is 1.33 bits per heavy atom. The Morgan fingerprint density at radius 1 is 0.905 bits per heavy atom. The van der Waals surface area contributed by atoms with Gasteiger partial charge in [-0.1, -0.05) is 0 Å². The van der Waals surface area contributed by atoms with E-state index >= 15 is 0 Å². The maximum atomic E-state index is 10.8. The van der Waals surface area contributed by atoms with Crippen molar-refractivity contribution in [3.05, 3.63) is 0 Å². The molecule has 0 aliphatic carbocycles. The fourth-order valence-corrected chi connectivity index (χ4v) is 2.87. The Kier molecular flexibility index (Phi) is 4.25. The van der Waals surface area contributed by atoms with E-state index in [0.29, 0.717) is 0 Å². The number of hydrogen-bond acceptors (Lipinski definition) is 7. The summed E-state index contributed by atoms with van der Waals surface area (Å²) in [6.07, 6.45) is 0. The molecule has 1 heterocycles. The molecular weight excluding hydrogens is 307 g/mol. The number of rotatable bonds is 3. The van der Waals surface area contributed by atoms with Crippen LogP contribution in [0.15, 0.2) is 0 Å². The first-order valence-corrected chi connectivity index (χ1v) is 7.74. The summed E-state index contributed by atoms with van der Waals surface area (Å²) in [7, 11) is -4.86. The molecule has 10 heteroatoms. The van der Waals surface area contributed by atoms with E-state index in [1.54, 1.807) is 0 Å². The van der Waals surface area contributed by atoms with Crippen LogP contribution >= 0.6 is 7.82 Å². The molecule has 1 aliphatic rings. The van der Waals surface area contributed by atoms with Crippen molar-refractivity contribution in [1.82, 2.24) is 0 Å². The van der Waals surface area contributed by atoms with Gasteiger partial charge in [0.25, 0.3) is 0 Å². The van der Waals surface area contributed by atoms with Crippen LogP contribution in [0, 0.1) is 0 Å². The number of ether oxygens (including phenoxy) is 1. The molecule has 6 N–H and O–H groups in total. The third-order valence-corrected chi connectivity index (χ3v) is 5.23. The van der Waals surface area contributed by atoms with Gasteiger partial charge in [-0.15, -0.1) is 0 Å². The van der Waals surface area contributed by atoms with Crippen molar-refractivity contribution in [2.45, 2.75) is 62.8 Å². The zero-order valence-electron chi connectivity index (χ0n) is 12.6. The summed E-state index contributed by atoms with van der Waals surface area (Å²) in [4.78, 5) is 17.5. The largest absolute Gasteiger partial charge is 0.469 e. The molecule has 1 saturated heterocycles. The second-order valence-electron chi connectivity index (χ2n) is 6.30. The molecule has 1 aliphatic heterocycles. The maximum Gasteiger partial charge on any atom is 0.469 e. The number of aliphatic hydroxyl groups is 4. The second kappa shape index (κ2) is 4.70. The lowest BCUT2D eigenvalue weighted by atomic mass is 9.61. The lowest BCUT2D eigenvalue weighted by molar-refractivity contribution is -0.448. The Morgan fingerprint density at radius 3 is 1.71 bits per heavy atom. The summed E-state index contributed by atoms with van der Waals surface area (Å²) in [6, 6.07) is 0. The number of phosphoric acid groups is 1. The SMILES string of the molecule is CC1(O)[C@@](C)(O)OC(C)(COP(=O)(O)O)[C@@](C)(O)[C@@]1(C)O. The highest BCUT2D eigenvalue weighted by molar-refractivity contribution is 7.46. The van der Waals surface area contributed by atoms with Crippen LogP contribution in [-0.4, -0.2) is 65.0 Å². The van der Waals surface area contributed by atoms with E-state index in [0.717, 1.165) is 27.7 Å². The van der Waals surface area contributed by atoms with Gasteiger partial charge < -0.3 is 34.9 Å². The molecule has 0 saturated carbocycles. The Bertz CT molecular complexity index is 464. The van der Waals surface area contributed by atoms with Gasteiger partial charge in [0, 0.05) is 0 Å². The third-order valence-electron chi connectivity index (χ3n) is 4.76. The quantitative estimate of drug-likeness (QED) is 0.351. The van der Waals surface area contributed by atoms with Crippen molar-refractivity contribution in [2.75, 3.05) is 6.61 Å². The maximum absolute atomic E-state index is 10.8. The second-order valence-corrected chi connectivity index (χ2v) is 7.54. The molecule has 2 unspecified atom stereocenters. The highest BCUT2D eigenvalue weighted by Crippen LogP contribution is 2.53. The Balaban J connectivity index is 3.32. The van der Waals surface area contributed by atoms with Gasteiger partial charge in [0.1, 0.15) is 22.4 Å². The first kappa shape index (κ1) is 19.0. The van der Waals surface area contributed by atoms with Crippen molar-refractivity contribution < 1.29 is 44.0 Å². The standard InChI is InChI=1S/C11H23O9P/c1-7(6-19-21(16,17)18)8(2,12)9(3,13)10(4,14)11(5,15)20-7/h12-15H,6H2,1-5H3,(H2,16,17,18)/t7?,8-,9-,10?,11+/m1/s1. The average molecular weight is 330 g/mol. The van der Waals surface area contributed by atoms with Crippen molar-refractivity contribution >= 4 is 7.82 Å². The zero-order valence-corrected chi connectivity index (χ0v) is 13.5. The molecule has 0 spiro atoms. The van der Waals surface area contributed by atoms with Gasteiger partial charge >= 0.3 is 7.82 Å². The van der Waals surface area contributed by atoms with Crippen LogP contribution in [0.3, 0.4) is 0 Å². The zero-order chi connectivity index (χ0) is 17.1. The fraction of sp³-hybridized carbons (Fsp3) is 1.00. The summed E-state index contributed by atoms with van der Waals surface area (Å²) >= 11 is 0. The fourth-order valence-electron chi connectivity index (χ4n) is 2.46. The number of phosphoric ester groups is 1. The van der Waals surface area contributed by atoms with E-state index in [9.17, 15) is 25.0 Å². The molecule has 0 amide bonds. The molecule has 1 rings (SSSR count). The highest BCUT2D eigenvalue weighted by Gasteiger charge is 2.74. The predicted molar refractivity (Wildman–Crippen MR) is 70.0 cm³/mol. The Labute approximate surface area is 122 Å². The third kappa shape index (κ3) is 2.67. The smallest absolute Gasteiger partial charge is 0.384 e. The molecule has 9 nitrogen and oxygen atoms in total. The monoisotopic (exact) mass is 330 g/mol. The summed E-state index contributed by atoms with van der Waals surface area (Å²) in [6.45, 7) is 4.70. The van der Waals surface area contributed by atoms with Gasteiger partial charge in [-0.05, 0) is 34.6 Å². The van der Waals surface area contributed by atoms with Crippen molar-refractivity contribution in [3.63, 3.8) is 0 Å². The van der Waals surface area contributed by atoms with Gasteiger partial charge in [-0.2, -0.15) is 0 Å². The summed E-state index contributed by atoms with van der Waals surface area (Å²) in [5.74, 6) is -2.31. The minimum Gasteiger partial charge on any atom is -0.384 e. The van der Waals surface area contributed by atoms with Gasteiger partial charge in [-0.25, -0.2) is 4.57 Å². The van der Waals surface area contributed by atoms with Crippen molar-refractivity contribution in [2.24, 2.45) is 0 Å². The van der Waals surface area contributed by atoms with E-state index in [4.69, 9.17) is 14.5 Å². The lowest BCUT2D eigenvalue weighted by Gasteiger charge is -2.64. The van der Waals surface area contributed by atoms with Gasteiger partial charge in [0.05, 0.1) is 6.61 Å². The van der Waals surface area contributed by atoms with Crippen LogP contribution in [-0.2, 0) is 13.8 Å². The normalized spacial score (nSPS) is 52.0. The van der Waals surface area contributed by atoms with E-state index in [1.165, 1.54) is 6.92 Å². The van der Waals surface area contributed by atoms with Gasteiger partial charge in [0.2, 0.25) is 0 Å². The van der Waals surface area contributed by atoms with Crippen molar-refractivity contribution in [3.8, 4) is 0 Å². The molecule has 126 valence electrons. The van der Waals surface area contributed by atoms with Crippen LogP contribution in [0.5, 0.6) is 0 Å². The average Bonchev–Trinajstić information content (AvgIpc) is 2.22. The number of hydrogen-bond donors (Lipinski definition) is 6. The lowest BCUT2D eigenvalue weighted by Crippen LogP contribution is -2.84. The molecule has 21 heavy (non-hydrogen) atoms. The first-order valence-electron chi connectivity index (χ1n) is 6.21. The van der Waals surface area contributed by atoms with Crippen LogP contribution in [0.2, 0.25) is 0 Å².